The molecule has 2 amide bonds. The maximum absolute atomic E-state index is 12.3. The molecule has 1 aromatic heterocycles. The number of fused-ring (bicyclic) bond motifs is 1. The third-order valence-corrected chi connectivity index (χ3v) is 4.76. The summed E-state index contributed by atoms with van der Waals surface area (Å²) in [6.07, 6.45) is 3.66. The summed E-state index contributed by atoms with van der Waals surface area (Å²) in [4.78, 5) is 26.1. The molecule has 0 saturated heterocycles. The van der Waals surface area contributed by atoms with Gasteiger partial charge in [-0.25, -0.2) is 14.3 Å². The van der Waals surface area contributed by atoms with E-state index in [1.54, 1.807) is 23.6 Å². The number of carbonyl (C=O) groups excluding carboxylic acids is 1. The summed E-state index contributed by atoms with van der Waals surface area (Å²) in [7, 11) is 3.38. The second-order valence-corrected chi connectivity index (χ2v) is 6.82. The summed E-state index contributed by atoms with van der Waals surface area (Å²) in [6.45, 7) is 2.27. The third kappa shape index (κ3) is 4.69. The van der Waals surface area contributed by atoms with Crippen LogP contribution in [0.4, 0.5) is 4.79 Å². The molecule has 0 saturated carbocycles. The maximum atomic E-state index is 12.3. The van der Waals surface area contributed by atoms with E-state index in [1.165, 1.54) is 4.68 Å². The van der Waals surface area contributed by atoms with E-state index < -0.39 is 0 Å². The monoisotopic (exact) mass is 373 g/mol. The number of ether oxygens (including phenoxy) is 1. The molecule has 27 heavy (non-hydrogen) atoms. The molecule has 2 aromatic rings. The Hall–Kier alpha value is -2.77. The van der Waals surface area contributed by atoms with E-state index in [9.17, 15) is 9.59 Å². The fraction of sp³-hybridized carbons (Fsp3) is 0.526. The minimum Gasteiger partial charge on any atom is -0.497 e. The molecule has 1 aliphatic heterocycles. The average Bonchev–Trinajstić information content (AvgIpc) is 3.01. The van der Waals surface area contributed by atoms with Crippen molar-refractivity contribution in [2.45, 2.75) is 45.3 Å². The highest BCUT2D eigenvalue weighted by Crippen LogP contribution is 2.14. The second kappa shape index (κ2) is 8.75. The Bertz CT molecular complexity index is 842. The quantitative estimate of drug-likeness (QED) is 0.748. The molecular formula is C19H27N5O3. The lowest BCUT2D eigenvalue weighted by Crippen LogP contribution is -2.37. The van der Waals surface area contributed by atoms with E-state index in [-0.39, 0.29) is 11.7 Å². The number of aryl methyl sites for hydroxylation is 2. The highest BCUT2D eigenvalue weighted by atomic mass is 16.5. The largest absolute Gasteiger partial charge is 0.497 e. The fourth-order valence-corrected chi connectivity index (χ4v) is 3.27. The number of nitrogens with one attached hydrogen (secondary N) is 1. The second-order valence-electron chi connectivity index (χ2n) is 6.82. The highest BCUT2D eigenvalue weighted by Gasteiger charge is 2.16. The molecule has 0 bridgehead atoms. The van der Waals surface area contributed by atoms with Gasteiger partial charge in [-0.1, -0.05) is 12.1 Å². The minimum atomic E-state index is -0.144. The van der Waals surface area contributed by atoms with Gasteiger partial charge in [0.25, 0.3) is 0 Å². The molecular weight excluding hydrogens is 346 g/mol. The van der Waals surface area contributed by atoms with Gasteiger partial charge in [-0.05, 0) is 37.0 Å². The van der Waals surface area contributed by atoms with Crippen molar-refractivity contribution in [3.05, 3.63) is 46.1 Å². The lowest BCUT2D eigenvalue weighted by molar-refractivity contribution is 0.206. The number of carbonyl (C=O) groups is 1. The molecule has 0 spiro atoms. The van der Waals surface area contributed by atoms with Gasteiger partial charge in [0.1, 0.15) is 11.6 Å². The third-order valence-electron chi connectivity index (χ3n) is 4.76. The number of benzene rings is 1. The molecule has 3 rings (SSSR count). The molecule has 1 aromatic carbocycles. The van der Waals surface area contributed by atoms with E-state index in [1.807, 2.05) is 24.3 Å². The van der Waals surface area contributed by atoms with Crippen LogP contribution < -0.4 is 15.7 Å². The molecule has 8 heteroatoms. The molecule has 1 aliphatic rings. The zero-order valence-electron chi connectivity index (χ0n) is 16.0. The van der Waals surface area contributed by atoms with Crippen LogP contribution >= 0.6 is 0 Å². The Labute approximate surface area is 158 Å². The first kappa shape index (κ1) is 19.0. The van der Waals surface area contributed by atoms with E-state index >= 15 is 0 Å². The number of aromatic nitrogens is 3. The van der Waals surface area contributed by atoms with Gasteiger partial charge in [-0.3, -0.25) is 4.57 Å². The molecule has 0 radical (unpaired) electrons. The van der Waals surface area contributed by atoms with Crippen LogP contribution in [0.1, 0.15) is 30.7 Å². The van der Waals surface area contributed by atoms with E-state index in [2.05, 4.69) is 10.4 Å². The van der Waals surface area contributed by atoms with Crippen molar-refractivity contribution in [2.75, 3.05) is 20.7 Å². The van der Waals surface area contributed by atoms with Crippen LogP contribution in [0.2, 0.25) is 0 Å². The minimum absolute atomic E-state index is 0.0360. The lowest BCUT2D eigenvalue weighted by Gasteiger charge is -2.18. The Balaban J connectivity index is 1.44. The van der Waals surface area contributed by atoms with Crippen LogP contribution in [0.5, 0.6) is 5.75 Å². The van der Waals surface area contributed by atoms with E-state index in [0.717, 1.165) is 42.9 Å². The van der Waals surface area contributed by atoms with Crippen molar-refractivity contribution in [3.8, 4) is 5.75 Å². The van der Waals surface area contributed by atoms with Gasteiger partial charge in [0.15, 0.2) is 0 Å². The fourth-order valence-electron chi connectivity index (χ4n) is 3.27. The van der Waals surface area contributed by atoms with Gasteiger partial charge >= 0.3 is 11.7 Å². The summed E-state index contributed by atoms with van der Waals surface area (Å²) in [5.74, 6) is 1.66. The number of amides is 2. The average molecular weight is 373 g/mol. The SMILES string of the molecule is COc1cccc(CN(C)C(=O)NCCCn2nc3n(c2=O)CCCC3)c1. The van der Waals surface area contributed by atoms with Gasteiger partial charge in [0, 0.05) is 39.6 Å². The molecule has 0 unspecified atom stereocenters. The van der Waals surface area contributed by atoms with Crippen LogP contribution in [0, 0.1) is 0 Å². The van der Waals surface area contributed by atoms with Crippen molar-refractivity contribution in [1.82, 2.24) is 24.6 Å². The van der Waals surface area contributed by atoms with Crippen LogP contribution in [-0.4, -0.2) is 46.0 Å². The van der Waals surface area contributed by atoms with Gasteiger partial charge in [-0.15, -0.1) is 0 Å². The Kier molecular flexibility index (Phi) is 6.16. The Morgan fingerprint density at radius 3 is 3.00 bits per heavy atom. The molecule has 0 aliphatic carbocycles. The van der Waals surface area contributed by atoms with Crippen molar-refractivity contribution in [3.63, 3.8) is 0 Å². The topological polar surface area (TPSA) is 81.4 Å². The van der Waals surface area contributed by atoms with Crippen LogP contribution in [0.25, 0.3) is 0 Å². The predicted molar refractivity (Wildman–Crippen MR) is 102 cm³/mol. The van der Waals surface area contributed by atoms with Crippen LogP contribution in [0.15, 0.2) is 29.1 Å². The van der Waals surface area contributed by atoms with Crippen molar-refractivity contribution in [2.24, 2.45) is 0 Å². The standard InChI is InChI=1S/C19H27N5O3/c1-22(14-15-7-5-8-16(13-15)27-2)18(25)20-10-6-12-24-19(26)23-11-4-3-9-17(23)21-24/h5,7-8,13H,3-4,6,9-12,14H2,1-2H3,(H,20,25). The zero-order valence-corrected chi connectivity index (χ0v) is 16.0. The first-order valence-corrected chi connectivity index (χ1v) is 9.37. The smallest absolute Gasteiger partial charge is 0.345 e. The normalized spacial score (nSPS) is 13.1. The van der Waals surface area contributed by atoms with Gasteiger partial charge in [-0.2, -0.15) is 5.10 Å². The van der Waals surface area contributed by atoms with Gasteiger partial charge in [0.05, 0.1) is 7.11 Å². The van der Waals surface area contributed by atoms with Gasteiger partial charge in [0.2, 0.25) is 0 Å². The summed E-state index contributed by atoms with van der Waals surface area (Å²) < 4.78 is 8.49. The Morgan fingerprint density at radius 1 is 1.37 bits per heavy atom. The van der Waals surface area contributed by atoms with Crippen molar-refractivity contribution in [1.29, 1.82) is 0 Å². The summed E-state index contributed by atoms with van der Waals surface area (Å²) in [6, 6.07) is 7.51. The van der Waals surface area contributed by atoms with Crippen molar-refractivity contribution >= 4 is 6.03 Å². The molecule has 0 fully saturated rings. The molecule has 1 N–H and O–H groups in total. The van der Waals surface area contributed by atoms with Gasteiger partial charge < -0.3 is 15.0 Å². The predicted octanol–water partition coefficient (Wildman–Crippen LogP) is 1.62. The molecule has 2 heterocycles. The summed E-state index contributed by atoms with van der Waals surface area (Å²) in [5.41, 5.74) is 0.966. The number of nitrogens with zero attached hydrogens (tertiary/aromatic N) is 4. The molecule has 0 atom stereocenters. The first-order chi connectivity index (χ1) is 13.1. The van der Waals surface area contributed by atoms with E-state index in [0.29, 0.717) is 26.1 Å². The van der Waals surface area contributed by atoms with Crippen molar-refractivity contribution < 1.29 is 9.53 Å². The molecule has 8 nitrogen and oxygen atoms in total. The van der Waals surface area contributed by atoms with E-state index in [4.69, 9.17) is 4.74 Å². The number of methoxy groups -OCH3 is 1. The van der Waals surface area contributed by atoms with Crippen LogP contribution in [0.3, 0.4) is 0 Å². The Morgan fingerprint density at radius 2 is 2.22 bits per heavy atom. The lowest BCUT2D eigenvalue weighted by atomic mass is 10.2. The summed E-state index contributed by atoms with van der Waals surface area (Å²) in [5, 5.41) is 7.29. The first-order valence-electron chi connectivity index (χ1n) is 9.37. The maximum Gasteiger partial charge on any atom is 0.345 e. The number of hydrogen-bond donors (Lipinski definition) is 1. The number of rotatable bonds is 7. The highest BCUT2D eigenvalue weighted by molar-refractivity contribution is 5.73. The zero-order chi connectivity index (χ0) is 19.2. The summed E-state index contributed by atoms with van der Waals surface area (Å²) >= 11 is 0. The van der Waals surface area contributed by atoms with Crippen LogP contribution in [-0.2, 0) is 26.1 Å². The molecule has 146 valence electrons. The number of hydrogen-bond acceptors (Lipinski definition) is 4. The number of urea groups is 1.